The van der Waals surface area contributed by atoms with E-state index in [2.05, 4.69) is 33.0 Å². The minimum Gasteiger partial charge on any atom is -0.490 e. The topological polar surface area (TPSA) is 37.8 Å². The average molecular weight is 367 g/mol. The molecule has 1 atom stereocenters. The van der Waals surface area contributed by atoms with Crippen LogP contribution in [0.4, 0.5) is 0 Å². The van der Waals surface area contributed by atoms with Crippen molar-refractivity contribution in [2.75, 3.05) is 46.0 Å². The van der Waals surface area contributed by atoms with E-state index < -0.39 is 0 Å². The van der Waals surface area contributed by atoms with E-state index in [0.717, 1.165) is 56.6 Å². The van der Waals surface area contributed by atoms with Crippen LogP contribution in [-0.4, -0.2) is 66.8 Å². The lowest BCUT2D eigenvalue weighted by atomic mass is 9.83. The summed E-state index contributed by atoms with van der Waals surface area (Å²) in [7, 11) is 0. The van der Waals surface area contributed by atoms with E-state index in [4.69, 9.17) is 9.47 Å². The van der Waals surface area contributed by atoms with Gasteiger partial charge in [0.2, 0.25) is 0 Å². The second kappa shape index (κ2) is 7.74. The molecule has 5 heterocycles. The molecule has 2 aromatic rings. The SMILES string of the molecule is c1cnc2c(OCC3CC4CCN3CC4)ccc(CN3CCOCC3)c2c1. The van der Waals surface area contributed by atoms with E-state index in [0.29, 0.717) is 6.04 Å². The van der Waals surface area contributed by atoms with Gasteiger partial charge in [-0.3, -0.25) is 14.8 Å². The molecule has 1 aromatic heterocycles. The molecule has 2 bridgehead atoms. The molecule has 0 spiro atoms. The van der Waals surface area contributed by atoms with Crippen LogP contribution in [-0.2, 0) is 11.3 Å². The van der Waals surface area contributed by atoms with E-state index in [1.54, 1.807) is 0 Å². The maximum absolute atomic E-state index is 6.32. The number of morpholine rings is 1. The summed E-state index contributed by atoms with van der Waals surface area (Å²) in [4.78, 5) is 9.73. The molecule has 4 aliphatic rings. The Hall–Kier alpha value is -1.69. The van der Waals surface area contributed by atoms with Crippen LogP contribution in [0.1, 0.15) is 24.8 Å². The summed E-state index contributed by atoms with van der Waals surface area (Å²) in [6.45, 7) is 7.88. The fourth-order valence-corrected chi connectivity index (χ4v) is 4.91. The molecule has 0 aliphatic carbocycles. The van der Waals surface area contributed by atoms with E-state index in [9.17, 15) is 0 Å². The standard InChI is InChI=1S/C22H29N3O2/c1-2-20-18(15-24-10-12-26-13-11-24)3-4-21(22(20)23-7-1)27-16-19-14-17-5-8-25(19)9-6-17/h1-4,7,17,19H,5-6,8-16H2. The van der Waals surface area contributed by atoms with Gasteiger partial charge in [-0.1, -0.05) is 12.1 Å². The number of benzene rings is 1. The third kappa shape index (κ3) is 3.68. The Labute approximate surface area is 161 Å². The highest BCUT2D eigenvalue weighted by molar-refractivity contribution is 5.87. The molecule has 0 saturated carbocycles. The van der Waals surface area contributed by atoms with Crippen LogP contribution in [0.3, 0.4) is 0 Å². The third-order valence-electron chi connectivity index (χ3n) is 6.52. The number of ether oxygens (including phenoxy) is 2. The Bertz CT molecular complexity index is 782. The molecule has 4 aliphatic heterocycles. The van der Waals surface area contributed by atoms with Gasteiger partial charge in [-0.15, -0.1) is 0 Å². The van der Waals surface area contributed by atoms with Gasteiger partial charge in [0.25, 0.3) is 0 Å². The van der Waals surface area contributed by atoms with Crippen molar-refractivity contribution < 1.29 is 9.47 Å². The fourth-order valence-electron chi connectivity index (χ4n) is 4.91. The summed E-state index contributed by atoms with van der Waals surface area (Å²) in [5.41, 5.74) is 2.33. The normalized spacial score (nSPS) is 28.5. The Kier molecular flexibility index (Phi) is 4.99. The minimum atomic E-state index is 0.573. The number of piperidine rings is 3. The van der Waals surface area contributed by atoms with Gasteiger partial charge in [0, 0.05) is 37.3 Å². The largest absolute Gasteiger partial charge is 0.490 e. The molecule has 0 amide bonds. The molecular formula is C22H29N3O2. The first kappa shape index (κ1) is 17.4. The van der Waals surface area contributed by atoms with Crippen molar-refractivity contribution in [1.29, 1.82) is 0 Å². The molecular weight excluding hydrogens is 338 g/mol. The summed E-state index contributed by atoms with van der Waals surface area (Å²) in [6, 6.07) is 9.13. The molecule has 1 aromatic carbocycles. The summed E-state index contributed by atoms with van der Waals surface area (Å²) >= 11 is 0. The highest BCUT2D eigenvalue weighted by Gasteiger charge is 2.33. The molecule has 4 saturated heterocycles. The van der Waals surface area contributed by atoms with E-state index in [-0.39, 0.29) is 0 Å². The third-order valence-corrected chi connectivity index (χ3v) is 6.52. The van der Waals surface area contributed by atoms with Crippen molar-refractivity contribution in [2.45, 2.75) is 31.8 Å². The Morgan fingerprint density at radius 2 is 1.93 bits per heavy atom. The van der Waals surface area contributed by atoms with Crippen molar-refractivity contribution in [3.63, 3.8) is 0 Å². The molecule has 6 rings (SSSR count). The van der Waals surface area contributed by atoms with Crippen LogP contribution in [0.25, 0.3) is 10.9 Å². The first-order valence-electron chi connectivity index (χ1n) is 10.4. The number of aromatic nitrogens is 1. The Morgan fingerprint density at radius 3 is 2.70 bits per heavy atom. The van der Waals surface area contributed by atoms with E-state index in [1.807, 2.05) is 12.3 Å². The van der Waals surface area contributed by atoms with Gasteiger partial charge in [0.05, 0.1) is 13.2 Å². The molecule has 5 heteroatoms. The smallest absolute Gasteiger partial charge is 0.145 e. The zero-order valence-corrected chi connectivity index (χ0v) is 16.0. The van der Waals surface area contributed by atoms with Gasteiger partial charge in [-0.25, -0.2) is 0 Å². The maximum atomic E-state index is 6.32. The van der Waals surface area contributed by atoms with Gasteiger partial charge in [0.1, 0.15) is 17.9 Å². The van der Waals surface area contributed by atoms with E-state index in [1.165, 1.54) is 43.3 Å². The zero-order chi connectivity index (χ0) is 18.1. The van der Waals surface area contributed by atoms with Crippen LogP contribution in [0.2, 0.25) is 0 Å². The first-order valence-corrected chi connectivity index (χ1v) is 10.4. The monoisotopic (exact) mass is 367 g/mol. The van der Waals surface area contributed by atoms with Crippen molar-refractivity contribution in [2.24, 2.45) is 5.92 Å². The zero-order valence-electron chi connectivity index (χ0n) is 16.0. The molecule has 0 N–H and O–H groups in total. The predicted molar refractivity (Wildman–Crippen MR) is 106 cm³/mol. The van der Waals surface area contributed by atoms with Crippen molar-refractivity contribution >= 4 is 10.9 Å². The van der Waals surface area contributed by atoms with Gasteiger partial charge in [-0.05, 0) is 56.0 Å². The van der Waals surface area contributed by atoms with E-state index >= 15 is 0 Å². The lowest BCUT2D eigenvalue weighted by Gasteiger charge is -2.45. The Morgan fingerprint density at radius 1 is 1.07 bits per heavy atom. The molecule has 144 valence electrons. The Balaban J connectivity index is 1.33. The summed E-state index contributed by atoms with van der Waals surface area (Å²) in [5, 5.41) is 1.21. The lowest BCUT2D eigenvalue weighted by Crippen LogP contribution is -2.51. The number of rotatable bonds is 5. The summed E-state index contributed by atoms with van der Waals surface area (Å²) in [6.07, 6.45) is 5.91. The lowest BCUT2D eigenvalue weighted by molar-refractivity contribution is 0.0241. The van der Waals surface area contributed by atoms with Gasteiger partial charge >= 0.3 is 0 Å². The van der Waals surface area contributed by atoms with Gasteiger partial charge < -0.3 is 9.47 Å². The first-order chi connectivity index (χ1) is 13.4. The molecule has 27 heavy (non-hydrogen) atoms. The minimum absolute atomic E-state index is 0.573. The summed E-state index contributed by atoms with van der Waals surface area (Å²) < 4.78 is 11.8. The molecule has 0 radical (unpaired) electrons. The van der Waals surface area contributed by atoms with Crippen LogP contribution in [0.5, 0.6) is 5.75 Å². The predicted octanol–water partition coefficient (Wildman–Crippen LogP) is 2.93. The van der Waals surface area contributed by atoms with Crippen molar-refractivity contribution in [1.82, 2.24) is 14.8 Å². The fraction of sp³-hybridized carbons (Fsp3) is 0.591. The molecule has 1 unspecified atom stereocenters. The number of hydrogen-bond donors (Lipinski definition) is 0. The average Bonchev–Trinajstić information content (AvgIpc) is 2.75. The van der Waals surface area contributed by atoms with Crippen LogP contribution >= 0.6 is 0 Å². The second-order valence-corrected chi connectivity index (χ2v) is 8.19. The molecule has 5 nitrogen and oxygen atoms in total. The van der Waals surface area contributed by atoms with Crippen LogP contribution in [0, 0.1) is 5.92 Å². The van der Waals surface area contributed by atoms with Crippen molar-refractivity contribution in [3.8, 4) is 5.75 Å². The van der Waals surface area contributed by atoms with Crippen molar-refractivity contribution in [3.05, 3.63) is 36.0 Å². The highest BCUT2D eigenvalue weighted by atomic mass is 16.5. The number of fused-ring (bicyclic) bond motifs is 4. The number of nitrogens with zero attached hydrogens (tertiary/aromatic N) is 3. The van der Waals surface area contributed by atoms with Crippen LogP contribution < -0.4 is 4.74 Å². The number of pyridine rings is 1. The number of hydrogen-bond acceptors (Lipinski definition) is 5. The van der Waals surface area contributed by atoms with Gasteiger partial charge in [-0.2, -0.15) is 0 Å². The highest BCUT2D eigenvalue weighted by Crippen LogP contribution is 2.33. The molecule has 4 fully saturated rings. The summed E-state index contributed by atoms with van der Waals surface area (Å²) in [5.74, 6) is 1.84. The quantitative estimate of drug-likeness (QED) is 0.812. The maximum Gasteiger partial charge on any atom is 0.145 e. The van der Waals surface area contributed by atoms with Crippen LogP contribution in [0.15, 0.2) is 30.5 Å². The van der Waals surface area contributed by atoms with Gasteiger partial charge in [0.15, 0.2) is 0 Å². The second-order valence-electron chi connectivity index (χ2n) is 8.19.